The van der Waals surface area contributed by atoms with Crippen LogP contribution in [0.3, 0.4) is 0 Å². The Bertz CT molecular complexity index is 161. The molecule has 0 fully saturated rings. The van der Waals surface area contributed by atoms with E-state index in [1.165, 1.54) is 6.21 Å². The molecule has 0 rings (SSSR count). The van der Waals surface area contributed by atoms with Gasteiger partial charge in [-0.2, -0.15) is 0 Å². The van der Waals surface area contributed by atoms with Gasteiger partial charge in [0.05, 0.1) is 5.76 Å². The molecule has 0 radical (unpaired) electrons. The zero-order chi connectivity index (χ0) is 8.69. The van der Waals surface area contributed by atoms with E-state index >= 15 is 0 Å². The van der Waals surface area contributed by atoms with Crippen LogP contribution >= 0.6 is 0 Å². The van der Waals surface area contributed by atoms with Gasteiger partial charge < -0.3 is 10.5 Å². The highest BCUT2D eigenvalue weighted by atomic mass is 16.3. The van der Waals surface area contributed by atoms with E-state index in [0.717, 1.165) is 6.42 Å². The van der Waals surface area contributed by atoms with Crippen LogP contribution < -0.4 is 0 Å². The summed E-state index contributed by atoms with van der Waals surface area (Å²) in [4.78, 5) is 0. The molecule has 0 aliphatic carbocycles. The minimum atomic E-state index is 0.184. The van der Waals surface area contributed by atoms with Gasteiger partial charge in [0, 0.05) is 6.42 Å². The first-order valence-corrected chi connectivity index (χ1v) is 3.69. The molecule has 2 heteroatoms. The lowest BCUT2D eigenvalue weighted by Gasteiger charge is -1.98. The molecular weight excluding hydrogens is 138 g/mol. The lowest BCUT2D eigenvalue weighted by atomic mass is 10.1. The van der Waals surface area contributed by atoms with Crippen LogP contribution in [0.15, 0.2) is 24.5 Å². The smallest absolute Gasteiger partial charge is 0.0888 e. The van der Waals surface area contributed by atoms with Crippen LogP contribution in [0.2, 0.25) is 0 Å². The van der Waals surface area contributed by atoms with E-state index in [1.807, 2.05) is 19.1 Å². The van der Waals surface area contributed by atoms with Gasteiger partial charge >= 0.3 is 0 Å². The fraction of sp³-hybridized carbons (Fsp3) is 0.444. The van der Waals surface area contributed by atoms with Crippen molar-refractivity contribution in [2.24, 2.45) is 5.92 Å². The number of hydrogen-bond acceptors (Lipinski definition) is 2. The summed E-state index contributed by atoms with van der Waals surface area (Å²) in [6.07, 6.45) is 6.52. The lowest BCUT2D eigenvalue weighted by Crippen LogP contribution is -1.88. The minimum absolute atomic E-state index is 0.184. The lowest BCUT2D eigenvalue weighted by molar-refractivity contribution is 0.404. The summed E-state index contributed by atoms with van der Waals surface area (Å²) >= 11 is 0. The summed E-state index contributed by atoms with van der Waals surface area (Å²) in [5.74, 6) is 0.565. The molecule has 2 nitrogen and oxygen atoms in total. The van der Waals surface area contributed by atoms with E-state index in [-0.39, 0.29) is 5.76 Å². The van der Waals surface area contributed by atoms with Crippen molar-refractivity contribution in [3.05, 3.63) is 24.5 Å². The average Bonchev–Trinajstić information content (AvgIpc) is 1.87. The van der Waals surface area contributed by atoms with Crippen LogP contribution in [-0.2, 0) is 0 Å². The molecule has 0 aliphatic heterocycles. The Morgan fingerprint density at radius 2 is 2.36 bits per heavy atom. The SMILES string of the molecule is C=C(O)C/C=C/C(C)CC=N. The summed E-state index contributed by atoms with van der Waals surface area (Å²) in [5, 5.41) is 15.5. The molecule has 0 aromatic carbocycles. The molecular formula is C9H15NO. The molecule has 0 aromatic heterocycles. The number of nitrogens with one attached hydrogen (secondary N) is 1. The predicted octanol–water partition coefficient (Wildman–Crippen LogP) is 2.68. The maximum Gasteiger partial charge on any atom is 0.0888 e. The molecule has 1 unspecified atom stereocenters. The standard InChI is InChI=1S/C9H15NO/c1-8(6-7-10)4-3-5-9(2)11/h3-4,7-8,10-11H,2,5-6H2,1H3/b4-3+,10-7?. The number of rotatable bonds is 5. The van der Waals surface area contributed by atoms with E-state index in [4.69, 9.17) is 10.5 Å². The molecule has 0 aliphatic rings. The summed E-state index contributed by atoms with van der Waals surface area (Å²) < 4.78 is 0. The monoisotopic (exact) mass is 153 g/mol. The Kier molecular flexibility index (Phi) is 5.17. The summed E-state index contributed by atoms with van der Waals surface area (Å²) in [7, 11) is 0. The van der Waals surface area contributed by atoms with Crippen molar-refractivity contribution in [3.8, 4) is 0 Å². The molecule has 1 atom stereocenters. The predicted molar refractivity (Wildman–Crippen MR) is 48.1 cm³/mol. The number of aliphatic hydroxyl groups is 1. The first-order valence-electron chi connectivity index (χ1n) is 3.69. The molecule has 0 bridgehead atoms. The van der Waals surface area contributed by atoms with Crippen LogP contribution in [0.5, 0.6) is 0 Å². The summed E-state index contributed by atoms with van der Waals surface area (Å²) in [6.45, 7) is 5.39. The van der Waals surface area contributed by atoms with Crippen LogP contribution in [-0.4, -0.2) is 11.3 Å². The van der Waals surface area contributed by atoms with Crippen molar-refractivity contribution in [2.45, 2.75) is 19.8 Å². The molecule has 2 N–H and O–H groups in total. The summed E-state index contributed by atoms with van der Waals surface area (Å²) in [5.41, 5.74) is 0. The quantitative estimate of drug-likeness (QED) is 0.356. The van der Waals surface area contributed by atoms with Crippen molar-refractivity contribution < 1.29 is 5.11 Å². The molecule has 0 saturated carbocycles. The van der Waals surface area contributed by atoms with Gasteiger partial charge in [-0.3, -0.25) is 0 Å². The topological polar surface area (TPSA) is 44.1 Å². The molecule has 62 valence electrons. The second kappa shape index (κ2) is 5.71. The van der Waals surface area contributed by atoms with Crippen molar-refractivity contribution in [1.29, 1.82) is 5.41 Å². The van der Waals surface area contributed by atoms with Gasteiger partial charge in [0.25, 0.3) is 0 Å². The van der Waals surface area contributed by atoms with E-state index in [1.54, 1.807) is 0 Å². The van der Waals surface area contributed by atoms with Crippen molar-refractivity contribution in [1.82, 2.24) is 0 Å². The third-order valence-corrected chi connectivity index (χ3v) is 1.31. The second-order valence-electron chi connectivity index (χ2n) is 2.62. The first kappa shape index (κ1) is 9.95. The van der Waals surface area contributed by atoms with Gasteiger partial charge in [-0.05, 0) is 18.6 Å². The Morgan fingerprint density at radius 3 is 2.82 bits per heavy atom. The molecule has 0 heterocycles. The van der Waals surface area contributed by atoms with Gasteiger partial charge in [0.1, 0.15) is 0 Å². The highest BCUT2D eigenvalue weighted by Gasteiger charge is 1.91. The van der Waals surface area contributed by atoms with Crippen molar-refractivity contribution >= 4 is 6.21 Å². The largest absolute Gasteiger partial charge is 0.513 e. The Hall–Kier alpha value is -1.05. The second-order valence-corrected chi connectivity index (χ2v) is 2.62. The number of allylic oxidation sites excluding steroid dienone is 2. The van der Waals surface area contributed by atoms with Crippen molar-refractivity contribution in [2.75, 3.05) is 0 Å². The van der Waals surface area contributed by atoms with E-state index in [2.05, 4.69) is 6.58 Å². The van der Waals surface area contributed by atoms with Gasteiger partial charge in [-0.15, -0.1) is 0 Å². The van der Waals surface area contributed by atoms with E-state index in [0.29, 0.717) is 12.3 Å². The maximum atomic E-state index is 8.70. The molecule has 0 spiro atoms. The third kappa shape index (κ3) is 6.84. The maximum absolute atomic E-state index is 8.70. The Labute approximate surface area is 67.8 Å². The molecule has 0 amide bonds. The molecule has 0 saturated heterocycles. The van der Waals surface area contributed by atoms with Gasteiger partial charge in [0.15, 0.2) is 0 Å². The van der Waals surface area contributed by atoms with Crippen LogP contribution in [0.1, 0.15) is 19.8 Å². The van der Waals surface area contributed by atoms with Gasteiger partial charge in [-0.25, -0.2) is 0 Å². The van der Waals surface area contributed by atoms with E-state index in [9.17, 15) is 0 Å². The fourth-order valence-electron chi connectivity index (χ4n) is 0.701. The minimum Gasteiger partial charge on any atom is -0.513 e. The Balaban J connectivity index is 3.55. The first-order chi connectivity index (χ1) is 5.16. The third-order valence-electron chi connectivity index (χ3n) is 1.31. The zero-order valence-corrected chi connectivity index (χ0v) is 6.88. The highest BCUT2D eigenvalue weighted by Crippen LogP contribution is 2.03. The Morgan fingerprint density at radius 1 is 1.73 bits per heavy atom. The van der Waals surface area contributed by atoms with E-state index < -0.39 is 0 Å². The summed E-state index contributed by atoms with van der Waals surface area (Å²) in [6, 6.07) is 0. The highest BCUT2D eigenvalue weighted by molar-refractivity contribution is 5.53. The van der Waals surface area contributed by atoms with Crippen LogP contribution in [0, 0.1) is 11.3 Å². The molecule has 11 heavy (non-hydrogen) atoms. The fourth-order valence-corrected chi connectivity index (χ4v) is 0.701. The number of hydrogen-bond donors (Lipinski definition) is 2. The van der Waals surface area contributed by atoms with Gasteiger partial charge in [-0.1, -0.05) is 25.7 Å². The van der Waals surface area contributed by atoms with Crippen molar-refractivity contribution in [3.63, 3.8) is 0 Å². The molecule has 0 aromatic rings. The van der Waals surface area contributed by atoms with Gasteiger partial charge in [0.2, 0.25) is 0 Å². The number of aliphatic hydroxyl groups excluding tert-OH is 1. The van der Waals surface area contributed by atoms with Crippen LogP contribution in [0.25, 0.3) is 0 Å². The average molecular weight is 153 g/mol. The normalized spacial score (nSPS) is 13.2. The van der Waals surface area contributed by atoms with Crippen LogP contribution in [0.4, 0.5) is 0 Å². The zero-order valence-electron chi connectivity index (χ0n) is 6.88.